The monoisotopic (exact) mass is 190 g/mol. The Hall–Kier alpha value is -1.16. The van der Waals surface area contributed by atoms with Crippen molar-refractivity contribution in [2.24, 2.45) is 5.92 Å². The van der Waals surface area contributed by atoms with Crippen LogP contribution in [-0.4, -0.2) is 35.6 Å². The maximum atomic E-state index is 4.05. The van der Waals surface area contributed by atoms with E-state index in [1.165, 1.54) is 19.5 Å². The summed E-state index contributed by atoms with van der Waals surface area (Å²) in [5, 5.41) is 3.43. The van der Waals surface area contributed by atoms with Gasteiger partial charge in [0.05, 0.1) is 18.1 Å². The SMILES string of the molecule is c1ncc(N2C[C@@H]3CCNC[C@@H]32)cn1. The Balaban J connectivity index is 1.76. The van der Waals surface area contributed by atoms with Crippen LogP contribution < -0.4 is 10.2 Å². The zero-order valence-electron chi connectivity index (χ0n) is 8.06. The minimum absolute atomic E-state index is 0.676. The molecule has 14 heavy (non-hydrogen) atoms. The van der Waals surface area contributed by atoms with Crippen molar-refractivity contribution in [3.63, 3.8) is 0 Å². The number of hydrogen-bond donors (Lipinski definition) is 1. The average molecular weight is 190 g/mol. The minimum Gasteiger partial charge on any atom is -0.364 e. The molecule has 0 spiro atoms. The fraction of sp³-hybridized carbons (Fsp3) is 0.600. The lowest BCUT2D eigenvalue weighted by Crippen LogP contribution is -2.63. The summed E-state index contributed by atoms with van der Waals surface area (Å²) in [7, 11) is 0. The molecule has 0 aromatic carbocycles. The third kappa shape index (κ3) is 1.18. The van der Waals surface area contributed by atoms with Crippen molar-refractivity contribution in [3.05, 3.63) is 18.7 Å². The first kappa shape index (κ1) is 8.17. The lowest BCUT2D eigenvalue weighted by Gasteiger charge is -2.52. The lowest BCUT2D eigenvalue weighted by molar-refractivity contribution is 0.229. The standard InChI is InChI=1S/C10H14N4/c1-2-11-5-10-8(1)6-14(10)9-3-12-7-13-4-9/h3-4,7-8,10-11H,1-2,5-6H2/t8-,10-/m0/s1. The average Bonchev–Trinajstić information content (AvgIpc) is 2.22. The van der Waals surface area contributed by atoms with E-state index in [0.717, 1.165) is 18.2 Å². The van der Waals surface area contributed by atoms with Crippen molar-refractivity contribution in [2.75, 3.05) is 24.5 Å². The highest BCUT2D eigenvalue weighted by Gasteiger charge is 2.40. The van der Waals surface area contributed by atoms with Gasteiger partial charge < -0.3 is 10.2 Å². The molecule has 2 fully saturated rings. The number of aromatic nitrogens is 2. The van der Waals surface area contributed by atoms with Crippen LogP contribution in [0.1, 0.15) is 6.42 Å². The van der Waals surface area contributed by atoms with Crippen LogP contribution >= 0.6 is 0 Å². The second-order valence-corrected chi connectivity index (χ2v) is 4.07. The number of anilines is 1. The van der Waals surface area contributed by atoms with Crippen LogP contribution in [0.15, 0.2) is 18.7 Å². The molecule has 0 saturated carbocycles. The Bertz CT molecular complexity index is 313. The zero-order chi connectivity index (χ0) is 9.38. The van der Waals surface area contributed by atoms with Gasteiger partial charge in [0.2, 0.25) is 0 Å². The van der Waals surface area contributed by atoms with Crippen LogP contribution in [0.2, 0.25) is 0 Å². The Kier molecular flexibility index (Phi) is 1.87. The topological polar surface area (TPSA) is 41.1 Å². The summed E-state index contributed by atoms with van der Waals surface area (Å²) in [5.41, 5.74) is 1.16. The van der Waals surface area contributed by atoms with E-state index in [4.69, 9.17) is 0 Å². The van der Waals surface area contributed by atoms with E-state index in [9.17, 15) is 0 Å². The number of rotatable bonds is 1. The van der Waals surface area contributed by atoms with Crippen LogP contribution in [0.5, 0.6) is 0 Å². The third-order valence-electron chi connectivity index (χ3n) is 3.30. The van der Waals surface area contributed by atoms with Gasteiger partial charge in [-0.3, -0.25) is 0 Å². The Morgan fingerprint density at radius 3 is 3.00 bits per heavy atom. The van der Waals surface area contributed by atoms with Crippen LogP contribution in [0.4, 0.5) is 5.69 Å². The van der Waals surface area contributed by atoms with Crippen molar-refractivity contribution in [1.29, 1.82) is 0 Å². The van der Waals surface area contributed by atoms with Crippen molar-refractivity contribution in [1.82, 2.24) is 15.3 Å². The van der Waals surface area contributed by atoms with Crippen molar-refractivity contribution in [2.45, 2.75) is 12.5 Å². The smallest absolute Gasteiger partial charge is 0.115 e. The Morgan fingerprint density at radius 1 is 1.36 bits per heavy atom. The first-order chi connectivity index (χ1) is 6.95. The van der Waals surface area contributed by atoms with Crippen molar-refractivity contribution in [3.8, 4) is 0 Å². The molecule has 2 saturated heterocycles. The van der Waals surface area contributed by atoms with Gasteiger partial charge in [-0.05, 0) is 18.9 Å². The molecule has 1 aromatic heterocycles. The predicted molar refractivity (Wildman–Crippen MR) is 54.1 cm³/mol. The van der Waals surface area contributed by atoms with Gasteiger partial charge in [-0.25, -0.2) is 9.97 Å². The molecule has 2 aliphatic rings. The van der Waals surface area contributed by atoms with Gasteiger partial charge in [-0.1, -0.05) is 0 Å². The van der Waals surface area contributed by atoms with Crippen LogP contribution in [0.3, 0.4) is 0 Å². The molecule has 74 valence electrons. The van der Waals surface area contributed by atoms with E-state index in [-0.39, 0.29) is 0 Å². The van der Waals surface area contributed by atoms with Gasteiger partial charge in [0.1, 0.15) is 6.33 Å². The molecule has 0 amide bonds. The molecule has 4 heteroatoms. The molecule has 1 N–H and O–H groups in total. The van der Waals surface area contributed by atoms with Gasteiger partial charge in [0.15, 0.2) is 0 Å². The Morgan fingerprint density at radius 2 is 2.21 bits per heavy atom. The summed E-state index contributed by atoms with van der Waals surface area (Å²) in [6.45, 7) is 3.47. The van der Waals surface area contributed by atoms with Gasteiger partial charge >= 0.3 is 0 Å². The van der Waals surface area contributed by atoms with Crippen molar-refractivity contribution < 1.29 is 0 Å². The highest BCUT2D eigenvalue weighted by Crippen LogP contribution is 2.33. The van der Waals surface area contributed by atoms with Gasteiger partial charge in [-0.15, -0.1) is 0 Å². The van der Waals surface area contributed by atoms with Gasteiger partial charge in [-0.2, -0.15) is 0 Å². The molecular formula is C10H14N4. The fourth-order valence-electron chi connectivity index (χ4n) is 2.46. The quantitative estimate of drug-likeness (QED) is 0.690. The van der Waals surface area contributed by atoms with Crippen LogP contribution in [0, 0.1) is 5.92 Å². The second kappa shape index (κ2) is 3.20. The van der Waals surface area contributed by atoms with Gasteiger partial charge in [0.25, 0.3) is 0 Å². The van der Waals surface area contributed by atoms with Crippen LogP contribution in [0.25, 0.3) is 0 Å². The van der Waals surface area contributed by atoms with Crippen LogP contribution in [-0.2, 0) is 0 Å². The second-order valence-electron chi connectivity index (χ2n) is 4.07. The first-order valence-corrected chi connectivity index (χ1v) is 5.17. The molecule has 0 bridgehead atoms. The fourth-order valence-corrected chi connectivity index (χ4v) is 2.46. The summed E-state index contributed by atoms with van der Waals surface area (Å²) in [5.74, 6) is 0.886. The normalized spacial score (nSPS) is 30.7. The maximum Gasteiger partial charge on any atom is 0.115 e. The molecule has 1 aromatic rings. The lowest BCUT2D eigenvalue weighted by atomic mass is 9.83. The summed E-state index contributed by atoms with van der Waals surface area (Å²) < 4.78 is 0. The van der Waals surface area contributed by atoms with E-state index < -0.39 is 0 Å². The number of nitrogens with one attached hydrogen (secondary N) is 1. The molecule has 2 atom stereocenters. The van der Waals surface area contributed by atoms with E-state index >= 15 is 0 Å². The molecular weight excluding hydrogens is 176 g/mol. The zero-order valence-corrected chi connectivity index (χ0v) is 8.06. The molecule has 3 rings (SSSR count). The largest absolute Gasteiger partial charge is 0.364 e. The highest BCUT2D eigenvalue weighted by atomic mass is 15.3. The van der Waals surface area contributed by atoms with Gasteiger partial charge in [0, 0.05) is 19.1 Å². The molecule has 0 unspecified atom stereocenters. The molecule has 3 heterocycles. The van der Waals surface area contributed by atoms with E-state index in [2.05, 4.69) is 20.2 Å². The highest BCUT2D eigenvalue weighted by molar-refractivity contribution is 5.47. The first-order valence-electron chi connectivity index (χ1n) is 5.17. The third-order valence-corrected chi connectivity index (χ3v) is 3.30. The molecule has 4 nitrogen and oxygen atoms in total. The van der Waals surface area contributed by atoms with E-state index in [0.29, 0.717) is 6.04 Å². The number of nitrogens with zero attached hydrogens (tertiary/aromatic N) is 3. The predicted octanol–water partition coefficient (Wildman–Crippen LogP) is 0.275. The Labute approximate surface area is 83.4 Å². The number of fused-ring (bicyclic) bond motifs is 1. The maximum absolute atomic E-state index is 4.05. The molecule has 0 aliphatic carbocycles. The minimum atomic E-state index is 0.676. The van der Waals surface area contributed by atoms with Crippen molar-refractivity contribution >= 4 is 5.69 Å². The summed E-state index contributed by atoms with van der Waals surface area (Å²) in [4.78, 5) is 10.5. The van der Waals surface area contributed by atoms with E-state index in [1.807, 2.05) is 12.4 Å². The molecule has 0 radical (unpaired) electrons. The number of piperidine rings is 1. The summed E-state index contributed by atoms with van der Waals surface area (Å²) >= 11 is 0. The number of hydrogen-bond acceptors (Lipinski definition) is 4. The molecule has 2 aliphatic heterocycles. The summed E-state index contributed by atoms with van der Waals surface area (Å²) in [6.07, 6.45) is 6.70. The summed E-state index contributed by atoms with van der Waals surface area (Å²) in [6, 6.07) is 0.676. The van der Waals surface area contributed by atoms with E-state index in [1.54, 1.807) is 6.33 Å².